The van der Waals surface area contributed by atoms with Gasteiger partial charge in [0.15, 0.2) is 17.4 Å². The molecule has 2 aliphatic rings. The zero-order chi connectivity index (χ0) is 36.6. The first-order valence-corrected chi connectivity index (χ1v) is 17.7. The molecule has 1 heterocycles. The number of unbranched alkanes of at least 4 members (excludes halogenated alkanes) is 3. The Hall–Kier alpha value is -4.20. The Bertz CT molecular complexity index is 1560. The molecule has 0 aromatic heterocycles. The van der Waals surface area contributed by atoms with Crippen molar-refractivity contribution in [3.8, 4) is 5.75 Å². The Balaban J connectivity index is 1.23. The second-order valence-electron chi connectivity index (χ2n) is 12.3. The van der Waals surface area contributed by atoms with E-state index in [1.54, 1.807) is 6.08 Å². The van der Waals surface area contributed by atoms with E-state index >= 15 is 0 Å². The molecule has 0 atom stereocenters. The van der Waals surface area contributed by atoms with E-state index in [1.165, 1.54) is 30.3 Å². The summed E-state index contributed by atoms with van der Waals surface area (Å²) in [5.41, 5.74) is 0.372. The summed E-state index contributed by atoms with van der Waals surface area (Å²) in [4.78, 5) is 44.6. The van der Waals surface area contributed by atoms with Crippen LogP contribution in [0.15, 0.2) is 53.2 Å². The second kappa shape index (κ2) is 20.6. The van der Waals surface area contributed by atoms with Crippen LogP contribution in [0.2, 0.25) is 0 Å². The molecule has 2 aromatic carbocycles. The number of aromatic hydroxyl groups is 1. The molecule has 14 heteroatoms. The van der Waals surface area contributed by atoms with Crippen LogP contribution in [0.3, 0.4) is 0 Å². The number of aliphatic imine (C=N–C) groups is 1. The number of nitrogens with zero attached hydrogens (tertiary/aromatic N) is 2. The van der Waals surface area contributed by atoms with Gasteiger partial charge in [0.25, 0.3) is 5.91 Å². The van der Waals surface area contributed by atoms with Gasteiger partial charge in [-0.25, -0.2) is 18.2 Å². The van der Waals surface area contributed by atoms with Crippen LogP contribution in [-0.4, -0.2) is 85.0 Å². The van der Waals surface area contributed by atoms with Crippen molar-refractivity contribution in [1.82, 2.24) is 15.5 Å². The SMILES string of the molecule is O=C(CN1C(=O)/C(=C/c2cc(F)c(O)c(F)c2)N=C1/C=C/c1ccc(F)cc1)NC1CCC(C(=O)NCCOCCOCCCCCCCl)CC1. The number of carbonyl (C=O) groups is 3. The van der Waals surface area contributed by atoms with Gasteiger partial charge in [0.05, 0.1) is 19.8 Å². The third-order valence-corrected chi connectivity index (χ3v) is 8.74. The van der Waals surface area contributed by atoms with Crippen molar-refractivity contribution in [3.05, 3.63) is 76.7 Å². The number of nitrogens with one attached hydrogen (secondary N) is 2. The van der Waals surface area contributed by atoms with Gasteiger partial charge >= 0.3 is 0 Å². The van der Waals surface area contributed by atoms with E-state index in [1.807, 2.05) is 0 Å². The Morgan fingerprint density at radius 1 is 0.902 bits per heavy atom. The van der Waals surface area contributed by atoms with Crippen molar-refractivity contribution in [3.63, 3.8) is 0 Å². The molecule has 4 rings (SSSR count). The number of ether oxygens (including phenoxy) is 2. The molecule has 1 fully saturated rings. The molecular weight excluding hydrogens is 689 g/mol. The zero-order valence-corrected chi connectivity index (χ0v) is 29.1. The molecule has 0 saturated heterocycles. The lowest BCUT2D eigenvalue weighted by molar-refractivity contribution is -0.129. The van der Waals surface area contributed by atoms with Crippen LogP contribution >= 0.6 is 11.6 Å². The van der Waals surface area contributed by atoms with E-state index in [0.717, 1.165) is 48.8 Å². The Kier molecular flexibility index (Phi) is 16.0. The number of alkyl halides is 1. The lowest BCUT2D eigenvalue weighted by Crippen LogP contribution is -2.46. The summed E-state index contributed by atoms with van der Waals surface area (Å²) in [5, 5.41) is 15.3. The van der Waals surface area contributed by atoms with Gasteiger partial charge in [-0.2, -0.15) is 0 Å². The van der Waals surface area contributed by atoms with Gasteiger partial charge in [0.2, 0.25) is 11.8 Å². The second-order valence-corrected chi connectivity index (χ2v) is 12.7. The lowest BCUT2D eigenvalue weighted by atomic mass is 9.85. The van der Waals surface area contributed by atoms with Gasteiger partial charge < -0.3 is 25.2 Å². The van der Waals surface area contributed by atoms with E-state index in [9.17, 15) is 32.7 Å². The summed E-state index contributed by atoms with van der Waals surface area (Å²) < 4.78 is 52.4. The van der Waals surface area contributed by atoms with Crippen LogP contribution < -0.4 is 10.6 Å². The molecule has 1 saturated carbocycles. The fourth-order valence-corrected chi connectivity index (χ4v) is 5.89. The summed E-state index contributed by atoms with van der Waals surface area (Å²) in [7, 11) is 0. The molecule has 3 amide bonds. The molecule has 51 heavy (non-hydrogen) atoms. The smallest absolute Gasteiger partial charge is 0.278 e. The first kappa shape index (κ1) is 39.6. The molecule has 3 N–H and O–H groups in total. The quantitative estimate of drug-likeness (QED) is 0.0962. The molecule has 276 valence electrons. The van der Waals surface area contributed by atoms with Gasteiger partial charge in [-0.15, -0.1) is 11.6 Å². The number of carbonyl (C=O) groups excluding carboxylic acids is 3. The molecule has 0 spiro atoms. The van der Waals surface area contributed by atoms with E-state index < -0.39 is 35.0 Å². The van der Waals surface area contributed by atoms with Crippen molar-refractivity contribution in [2.45, 2.75) is 57.4 Å². The highest BCUT2D eigenvalue weighted by atomic mass is 35.5. The normalized spacial score (nSPS) is 18.4. The minimum Gasteiger partial charge on any atom is -0.503 e. The van der Waals surface area contributed by atoms with Crippen LogP contribution in [0, 0.1) is 23.4 Å². The number of amides is 3. The number of rotatable bonds is 19. The molecule has 0 bridgehead atoms. The molecule has 1 aliphatic carbocycles. The summed E-state index contributed by atoms with van der Waals surface area (Å²) in [6, 6.07) is 7.09. The number of phenols is 1. The number of amidine groups is 1. The van der Waals surface area contributed by atoms with Crippen LogP contribution in [0.5, 0.6) is 5.75 Å². The fourth-order valence-electron chi connectivity index (χ4n) is 5.70. The van der Waals surface area contributed by atoms with E-state index in [0.29, 0.717) is 70.1 Å². The average Bonchev–Trinajstić information content (AvgIpc) is 3.40. The summed E-state index contributed by atoms with van der Waals surface area (Å²) in [6.07, 6.45) is 10.8. The summed E-state index contributed by atoms with van der Waals surface area (Å²) in [5.74, 6) is -4.55. The Morgan fingerprint density at radius 2 is 1.57 bits per heavy atom. The van der Waals surface area contributed by atoms with Gasteiger partial charge in [-0.1, -0.05) is 31.1 Å². The standard InChI is InChI=1S/C37H44ClF3N4O6/c38-15-3-1-2-4-17-50-19-20-51-18-16-42-36(48)27-8-12-29(13-9-27)43-34(46)24-45-33(14-7-25-5-10-28(39)11-6-25)44-32(37(45)49)23-26-21-30(40)35(47)31(41)22-26/h5-7,10-11,14,21-23,27,29,47H,1-4,8-9,12-13,15-20,24H2,(H,42,48)(H,43,46)/b14-7+,32-23-. The van der Waals surface area contributed by atoms with E-state index in [2.05, 4.69) is 15.6 Å². The summed E-state index contributed by atoms with van der Waals surface area (Å²) >= 11 is 5.67. The predicted molar refractivity (Wildman–Crippen MR) is 188 cm³/mol. The first-order valence-electron chi connectivity index (χ1n) is 17.2. The minimum absolute atomic E-state index is 0.0540. The molecular formula is C37H44ClF3N4O6. The Labute approximate surface area is 300 Å². The van der Waals surface area contributed by atoms with Crippen molar-refractivity contribution in [2.75, 3.05) is 45.4 Å². The summed E-state index contributed by atoms with van der Waals surface area (Å²) in [6.45, 7) is 2.05. The lowest BCUT2D eigenvalue weighted by Gasteiger charge is -2.29. The number of hydrogen-bond acceptors (Lipinski definition) is 7. The van der Waals surface area contributed by atoms with E-state index in [4.69, 9.17) is 21.1 Å². The molecule has 1 aliphatic heterocycles. The molecule has 10 nitrogen and oxygen atoms in total. The minimum atomic E-state index is -1.21. The van der Waals surface area contributed by atoms with E-state index in [-0.39, 0.29) is 41.5 Å². The maximum Gasteiger partial charge on any atom is 0.278 e. The number of halogens is 4. The highest BCUT2D eigenvalue weighted by Gasteiger charge is 2.32. The molecule has 0 unspecified atom stereocenters. The highest BCUT2D eigenvalue weighted by molar-refractivity contribution is 6.19. The van der Waals surface area contributed by atoms with Crippen molar-refractivity contribution in [2.24, 2.45) is 10.9 Å². The zero-order valence-electron chi connectivity index (χ0n) is 28.4. The number of phenolic OH excluding ortho intramolecular Hbond substituents is 1. The third kappa shape index (κ3) is 12.8. The largest absolute Gasteiger partial charge is 0.503 e. The van der Waals surface area contributed by atoms with Crippen LogP contribution in [0.25, 0.3) is 12.2 Å². The number of hydrogen-bond donors (Lipinski definition) is 3. The predicted octanol–water partition coefficient (Wildman–Crippen LogP) is 5.73. The molecule has 0 radical (unpaired) electrons. The van der Waals surface area contributed by atoms with Crippen LogP contribution in [-0.2, 0) is 23.9 Å². The van der Waals surface area contributed by atoms with Crippen molar-refractivity contribution >= 4 is 47.3 Å². The van der Waals surface area contributed by atoms with Crippen LogP contribution in [0.1, 0.15) is 62.5 Å². The van der Waals surface area contributed by atoms with Crippen LogP contribution in [0.4, 0.5) is 13.2 Å². The Morgan fingerprint density at radius 3 is 2.25 bits per heavy atom. The number of benzene rings is 2. The average molecular weight is 733 g/mol. The van der Waals surface area contributed by atoms with Crippen molar-refractivity contribution in [1.29, 1.82) is 0 Å². The monoisotopic (exact) mass is 732 g/mol. The van der Waals surface area contributed by atoms with Gasteiger partial charge in [-0.05, 0) is 86.1 Å². The first-order chi connectivity index (χ1) is 24.6. The highest BCUT2D eigenvalue weighted by Crippen LogP contribution is 2.26. The maximum atomic E-state index is 13.9. The van der Waals surface area contributed by atoms with Gasteiger partial charge in [0.1, 0.15) is 23.9 Å². The topological polar surface area (TPSA) is 130 Å². The van der Waals surface area contributed by atoms with Gasteiger partial charge in [0, 0.05) is 31.0 Å². The maximum absolute atomic E-state index is 13.9. The van der Waals surface area contributed by atoms with Gasteiger partial charge in [-0.3, -0.25) is 19.3 Å². The fraction of sp³-hybridized carbons (Fsp3) is 0.459. The third-order valence-electron chi connectivity index (χ3n) is 8.47. The molecule has 2 aromatic rings. The van der Waals surface area contributed by atoms with Crippen molar-refractivity contribution < 1.29 is 42.1 Å².